The van der Waals surface area contributed by atoms with Crippen molar-refractivity contribution in [1.29, 1.82) is 0 Å². The maximum atomic E-state index is 12.8. The Morgan fingerprint density at radius 2 is 1.86 bits per heavy atom. The van der Waals surface area contributed by atoms with Crippen LogP contribution in [-0.4, -0.2) is 62.0 Å². The van der Waals surface area contributed by atoms with Crippen molar-refractivity contribution in [3.63, 3.8) is 0 Å². The summed E-state index contributed by atoms with van der Waals surface area (Å²) < 4.78 is 5.01. The van der Waals surface area contributed by atoms with Crippen molar-refractivity contribution in [2.45, 2.75) is 38.6 Å². The quantitative estimate of drug-likeness (QED) is 0.628. The highest BCUT2D eigenvalue weighted by Gasteiger charge is 2.33. The molecular formula is C21H31N3O4. The van der Waals surface area contributed by atoms with Crippen LogP contribution in [0.4, 0.5) is 0 Å². The van der Waals surface area contributed by atoms with E-state index in [2.05, 4.69) is 10.6 Å². The third kappa shape index (κ3) is 6.34. The van der Waals surface area contributed by atoms with Crippen LogP contribution in [0.3, 0.4) is 0 Å². The summed E-state index contributed by atoms with van der Waals surface area (Å²) in [6, 6.07) is 8.27. The molecule has 28 heavy (non-hydrogen) atoms. The van der Waals surface area contributed by atoms with Crippen molar-refractivity contribution < 1.29 is 19.1 Å². The maximum absolute atomic E-state index is 12.8. The van der Waals surface area contributed by atoms with Gasteiger partial charge in [0.15, 0.2) is 0 Å². The summed E-state index contributed by atoms with van der Waals surface area (Å²) >= 11 is 0. The number of benzene rings is 1. The Bertz CT molecular complexity index is 642. The number of hydrogen-bond donors (Lipinski definition) is 2. The Kier molecular flexibility index (Phi) is 8.94. The number of methoxy groups -OCH3 is 1. The zero-order chi connectivity index (χ0) is 20.4. The lowest BCUT2D eigenvalue weighted by atomic mass is 9.88. The largest absolute Gasteiger partial charge is 0.385 e. The van der Waals surface area contributed by atoms with Crippen LogP contribution in [0.5, 0.6) is 0 Å². The predicted molar refractivity (Wildman–Crippen MR) is 107 cm³/mol. The van der Waals surface area contributed by atoms with E-state index in [1.54, 1.807) is 31.4 Å². The van der Waals surface area contributed by atoms with Gasteiger partial charge in [-0.3, -0.25) is 14.4 Å². The Labute approximate surface area is 166 Å². The summed E-state index contributed by atoms with van der Waals surface area (Å²) in [5.41, 5.74) is 0.526. The minimum atomic E-state index is -0.617. The van der Waals surface area contributed by atoms with Gasteiger partial charge in [0.1, 0.15) is 6.04 Å². The Hall–Kier alpha value is -2.41. The lowest BCUT2D eigenvalue weighted by Crippen LogP contribution is -2.54. The molecule has 0 aliphatic carbocycles. The molecule has 1 aliphatic rings. The zero-order valence-electron chi connectivity index (χ0n) is 16.8. The van der Waals surface area contributed by atoms with E-state index in [0.29, 0.717) is 57.5 Å². The van der Waals surface area contributed by atoms with Gasteiger partial charge in [0.05, 0.1) is 0 Å². The molecule has 0 unspecified atom stereocenters. The number of amides is 3. The van der Waals surface area contributed by atoms with E-state index in [9.17, 15) is 14.4 Å². The van der Waals surface area contributed by atoms with E-state index in [-0.39, 0.29) is 23.6 Å². The van der Waals surface area contributed by atoms with Gasteiger partial charge in [-0.15, -0.1) is 0 Å². The number of hydrogen-bond acceptors (Lipinski definition) is 4. The van der Waals surface area contributed by atoms with Crippen molar-refractivity contribution in [3.8, 4) is 0 Å². The third-order valence-corrected chi connectivity index (χ3v) is 5.10. The molecule has 1 aliphatic heterocycles. The van der Waals surface area contributed by atoms with Gasteiger partial charge < -0.3 is 20.3 Å². The first kappa shape index (κ1) is 21.9. The molecule has 0 radical (unpaired) electrons. The van der Waals surface area contributed by atoms with Gasteiger partial charge in [0.2, 0.25) is 11.8 Å². The zero-order valence-corrected chi connectivity index (χ0v) is 16.8. The first-order valence-corrected chi connectivity index (χ1v) is 9.97. The highest BCUT2D eigenvalue weighted by Crippen LogP contribution is 2.22. The van der Waals surface area contributed by atoms with Gasteiger partial charge in [0.25, 0.3) is 5.91 Å². The molecule has 0 spiro atoms. The highest BCUT2D eigenvalue weighted by atomic mass is 16.5. The lowest BCUT2D eigenvalue weighted by molar-refractivity contribution is -0.132. The second kappa shape index (κ2) is 11.4. The normalized spacial score (nSPS) is 15.7. The number of nitrogens with zero attached hydrogens (tertiary/aromatic N) is 1. The fourth-order valence-electron chi connectivity index (χ4n) is 3.46. The Morgan fingerprint density at radius 3 is 2.46 bits per heavy atom. The highest BCUT2D eigenvalue weighted by molar-refractivity contribution is 5.97. The molecule has 7 heteroatoms. The molecule has 1 saturated heterocycles. The van der Waals surface area contributed by atoms with Crippen molar-refractivity contribution in [2.75, 3.05) is 33.4 Å². The van der Waals surface area contributed by atoms with Crippen LogP contribution in [-0.2, 0) is 14.3 Å². The van der Waals surface area contributed by atoms with Crippen molar-refractivity contribution in [2.24, 2.45) is 5.92 Å². The third-order valence-electron chi connectivity index (χ3n) is 5.10. The van der Waals surface area contributed by atoms with Crippen LogP contribution in [0.2, 0.25) is 0 Å². The molecule has 154 valence electrons. The van der Waals surface area contributed by atoms with Crippen molar-refractivity contribution in [1.82, 2.24) is 15.5 Å². The fraction of sp³-hybridized carbons (Fsp3) is 0.571. The van der Waals surface area contributed by atoms with Gasteiger partial charge in [0, 0.05) is 45.3 Å². The SMILES string of the molecule is CCC(=O)N1CCC([C@H](NC(=O)c2ccccc2)C(=O)NCCCOC)CC1. The van der Waals surface area contributed by atoms with Crippen LogP contribution >= 0.6 is 0 Å². The smallest absolute Gasteiger partial charge is 0.251 e. The van der Waals surface area contributed by atoms with Crippen LogP contribution in [0.1, 0.15) is 43.0 Å². The Balaban J connectivity index is 2.02. The summed E-state index contributed by atoms with van der Waals surface area (Å²) in [6.07, 6.45) is 2.58. The monoisotopic (exact) mass is 389 g/mol. The number of rotatable bonds is 9. The Morgan fingerprint density at radius 1 is 1.18 bits per heavy atom. The van der Waals surface area contributed by atoms with Crippen LogP contribution in [0.25, 0.3) is 0 Å². The number of piperidine rings is 1. The van der Waals surface area contributed by atoms with Crippen LogP contribution in [0.15, 0.2) is 30.3 Å². The molecule has 0 aromatic heterocycles. The standard InChI is InChI=1S/C21H31N3O4/c1-3-18(25)24-13-10-16(11-14-24)19(21(27)22-12-7-15-28-2)23-20(26)17-8-5-4-6-9-17/h4-6,8-9,16,19H,3,7,10-15H2,1-2H3,(H,22,27)(H,23,26)/t19-/m0/s1. The minimum Gasteiger partial charge on any atom is -0.385 e. The van der Waals surface area contributed by atoms with Crippen LogP contribution in [0, 0.1) is 5.92 Å². The summed E-state index contributed by atoms with van der Waals surface area (Å²) in [6.45, 7) is 4.15. The number of nitrogens with one attached hydrogen (secondary N) is 2. The molecule has 2 N–H and O–H groups in total. The van der Waals surface area contributed by atoms with Gasteiger partial charge in [-0.25, -0.2) is 0 Å². The molecular weight excluding hydrogens is 358 g/mol. The second-order valence-corrected chi connectivity index (χ2v) is 7.03. The van der Waals surface area contributed by atoms with E-state index in [1.165, 1.54) is 0 Å². The fourth-order valence-corrected chi connectivity index (χ4v) is 3.46. The molecule has 1 aromatic carbocycles. The van der Waals surface area contributed by atoms with Crippen molar-refractivity contribution in [3.05, 3.63) is 35.9 Å². The van der Waals surface area contributed by atoms with E-state index < -0.39 is 6.04 Å². The number of carbonyl (C=O) groups is 3. The summed E-state index contributed by atoms with van der Waals surface area (Å²) in [5, 5.41) is 5.82. The number of carbonyl (C=O) groups excluding carboxylic acids is 3. The summed E-state index contributed by atoms with van der Waals surface area (Å²) in [4.78, 5) is 39.2. The molecule has 2 rings (SSSR count). The van der Waals surface area contributed by atoms with E-state index >= 15 is 0 Å². The molecule has 0 bridgehead atoms. The summed E-state index contributed by atoms with van der Waals surface area (Å²) in [7, 11) is 1.62. The first-order chi connectivity index (χ1) is 13.6. The first-order valence-electron chi connectivity index (χ1n) is 9.97. The molecule has 1 fully saturated rings. The second-order valence-electron chi connectivity index (χ2n) is 7.03. The van der Waals surface area contributed by atoms with Gasteiger partial charge >= 0.3 is 0 Å². The number of ether oxygens (including phenoxy) is 1. The summed E-state index contributed by atoms with van der Waals surface area (Å²) in [5.74, 6) is -0.311. The van der Waals surface area contributed by atoms with Gasteiger partial charge in [-0.2, -0.15) is 0 Å². The number of likely N-dealkylation sites (tertiary alicyclic amines) is 1. The van der Waals surface area contributed by atoms with Gasteiger partial charge in [-0.05, 0) is 37.3 Å². The maximum Gasteiger partial charge on any atom is 0.251 e. The molecule has 3 amide bonds. The van der Waals surface area contributed by atoms with Crippen LogP contribution < -0.4 is 10.6 Å². The average molecular weight is 389 g/mol. The minimum absolute atomic E-state index is 0.00371. The van der Waals surface area contributed by atoms with E-state index in [0.717, 1.165) is 0 Å². The van der Waals surface area contributed by atoms with Gasteiger partial charge in [-0.1, -0.05) is 25.1 Å². The van der Waals surface area contributed by atoms with E-state index in [4.69, 9.17) is 4.74 Å². The van der Waals surface area contributed by atoms with E-state index in [1.807, 2.05) is 17.9 Å². The molecule has 0 saturated carbocycles. The molecule has 1 atom stereocenters. The molecule has 1 heterocycles. The molecule has 7 nitrogen and oxygen atoms in total. The average Bonchev–Trinajstić information content (AvgIpc) is 2.75. The lowest BCUT2D eigenvalue weighted by Gasteiger charge is -2.35. The topological polar surface area (TPSA) is 87.7 Å². The molecule has 1 aromatic rings. The van der Waals surface area contributed by atoms with Crippen molar-refractivity contribution >= 4 is 17.7 Å². The predicted octanol–water partition coefficient (Wildman–Crippen LogP) is 1.59.